The third-order valence-corrected chi connectivity index (χ3v) is 7.98. The van der Waals surface area contributed by atoms with Crippen molar-refractivity contribution < 1.29 is 8.83 Å². The molecule has 0 aliphatic carbocycles. The van der Waals surface area contributed by atoms with Crippen molar-refractivity contribution in [3.05, 3.63) is 120 Å². The van der Waals surface area contributed by atoms with Gasteiger partial charge < -0.3 is 14.2 Å². The van der Waals surface area contributed by atoms with Crippen LogP contribution in [0.4, 0.5) is 0 Å². The van der Waals surface area contributed by atoms with Gasteiger partial charge in [0.25, 0.3) is 0 Å². The summed E-state index contributed by atoms with van der Waals surface area (Å²) in [5, 5.41) is 7.37. The van der Waals surface area contributed by atoms with Gasteiger partial charge in [-0.15, -0.1) is 0 Å². The van der Waals surface area contributed by atoms with Gasteiger partial charge in [-0.25, -0.2) is 15.0 Å². The second-order valence-corrected chi connectivity index (χ2v) is 10.5. The second kappa shape index (κ2) is 8.88. The molecule has 5 aromatic carbocycles. The molecule has 8 aromatic rings. The van der Waals surface area contributed by atoms with Crippen LogP contribution in [0.15, 0.2) is 118 Å². The van der Waals surface area contributed by atoms with Gasteiger partial charge in [0.05, 0.1) is 0 Å². The summed E-state index contributed by atoms with van der Waals surface area (Å²) in [5.41, 5.74) is 8.38. The lowest BCUT2D eigenvalue weighted by Crippen LogP contribution is -2.09. The molecular formula is C36H22N4O2. The maximum absolute atomic E-state index is 6.37. The van der Waals surface area contributed by atoms with Gasteiger partial charge >= 0.3 is 0 Å². The first-order valence-electron chi connectivity index (χ1n) is 13.9. The van der Waals surface area contributed by atoms with Crippen molar-refractivity contribution in [2.75, 3.05) is 0 Å². The lowest BCUT2D eigenvalue weighted by Gasteiger charge is -2.12. The van der Waals surface area contributed by atoms with Crippen LogP contribution in [0.3, 0.4) is 0 Å². The van der Waals surface area contributed by atoms with E-state index in [2.05, 4.69) is 41.7 Å². The van der Waals surface area contributed by atoms with E-state index in [-0.39, 0.29) is 0 Å². The number of para-hydroxylation sites is 1. The van der Waals surface area contributed by atoms with Gasteiger partial charge in [-0.1, -0.05) is 72.8 Å². The van der Waals surface area contributed by atoms with Gasteiger partial charge in [-0.2, -0.15) is 0 Å². The van der Waals surface area contributed by atoms with E-state index < -0.39 is 0 Å². The Morgan fingerprint density at radius 3 is 1.98 bits per heavy atom. The summed E-state index contributed by atoms with van der Waals surface area (Å²) < 4.78 is 12.6. The van der Waals surface area contributed by atoms with Crippen molar-refractivity contribution in [3.8, 4) is 34.2 Å². The third-order valence-electron chi connectivity index (χ3n) is 7.98. The molecule has 6 heteroatoms. The van der Waals surface area contributed by atoms with E-state index >= 15 is 0 Å². The number of nitrogens with zero attached hydrogens (tertiary/aromatic N) is 3. The van der Waals surface area contributed by atoms with Crippen LogP contribution < -0.4 is 5.32 Å². The Labute approximate surface area is 240 Å². The zero-order valence-corrected chi connectivity index (χ0v) is 22.3. The van der Waals surface area contributed by atoms with Crippen molar-refractivity contribution >= 4 is 50.0 Å². The average molecular weight is 543 g/mol. The van der Waals surface area contributed by atoms with Gasteiger partial charge in [0.15, 0.2) is 17.5 Å². The Bertz CT molecular complexity index is 2370. The fourth-order valence-electron chi connectivity index (χ4n) is 6.04. The van der Waals surface area contributed by atoms with Crippen LogP contribution in [0.2, 0.25) is 0 Å². The molecule has 0 unspecified atom stereocenters. The number of hydrogen-bond donors (Lipinski definition) is 1. The van der Waals surface area contributed by atoms with E-state index in [1.54, 1.807) is 0 Å². The highest BCUT2D eigenvalue weighted by molar-refractivity contribution is 6.13. The fourth-order valence-corrected chi connectivity index (χ4v) is 6.04. The summed E-state index contributed by atoms with van der Waals surface area (Å²) >= 11 is 0. The second-order valence-electron chi connectivity index (χ2n) is 10.5. The summed E-state index contributed by atoms with van der Waals surface area (Å²) in [6.07, 6.45) is 4.06. The minimum atomic E-state index is 0.590. The monoisotopic (exact) mass is 542 g/mol. The Balaban J connectivity index is 1.34. The number of fused-ring (bicyclic) bond motifs is 7. The van der Waals surface area contributed by atoms with Crippen molar-refractivity contribution in [2.24, 2.45) is 0 Å². The van der Waals surface area contributed by atoms with E-state index in [1.807, 2.05) is 79.0 Å². The van der Waals surface area contributed by atoms with Crippen molar-refractivity contribution in [3.63, 3.8) is 0 Å². The van der Waals surface area contributed by atoms with Crippen LogP contribution in [-0.4, -0.2) is 15.0 Å². The summed E-state index contributed by atoms with van der Waals surface area (Å²) in [4.78, 5) is 15.2. The minimum absolute atomic E-state index is 0.590. The first-order chi connectivity index (χ1) is 20.8. The first kappa shape index (κ1) is 23.0. The van der Waals surface area contributed by atoms with Crippen LogP contribution in [0.25, 0.3) is 84.1 Å². The molecular weight excluding hydrogens is 520 g/mol. The molecule has 0 saturated carbocycles. The molecule has 9 rings (SSSR count). The SMILES string of the molecule is C1=Cc2cc3oc4cccc(-c5nc(-c6ccccc6)nc(-c6cccc7oc8ccccc8c67)n5)c4c3cc2CN1. The number of furan rings is 2. The zero-order chi connectivity index (χ0) is 27.6. The Kier molecular flexibility index (Phi) is 4.86. The van der Waals surface area contributed by atoms with Crippen LogP contribution in [-0.2, 0) is 6.54 Å². The van der Waals surface area contributed by atoms with E-state index in [0.717, 1.165) is 72.7 Å². The van der Waals surface area contributed by atoms with E-state index in [0.29, 0.717) is 17.5 Å². The topological polar surface area (TPSA) is 77.0 Å². The smallest absolute Gasteiger partial charge is 0.164 e. The normalized spacial score (nSPS) is 12.8. The summed E-state index contributed by atoms with van der Waals surface area (Å²) in [6.45, 7) is 0.771. The summed E-state index contributed by atoms with van der Waals surface area (Å²) in [6, 6.07) is 34.5. The highest BCUT2D eigenvalue weighted by Crippen LogP contribution is 2.40. The Morgan fingerprint density at radius 1 is 0.548 bits per heavy atom. The molecule has 3 aromatic heterocycles. The average Bonchev–Trinajstić information content (AvgIpc) is 3.61. The molecule has 1 N–H and O–H groups in total. The highest BCUT2D eigenvalue weighted by Gasteiger charge is 2.21. The minimum Gasteiger partial charge on any atom is -0.456 e. The molecule has 4 heterocycles. The van der Waals surface area contributed by atoms with Crippen LogP contribution >= 0.6 is 0 Å². The van der Waals surface area contributed by atoms with Gasteiger partial charge in [0.1, 0.15) is 22.3 Å². The summed E-state index contributed by atoms with van der Waals surface area (Å²) in [7, 11) is 0. The van der Waals surface area contributed by atoms with Gasteiger partial charge in [-0.3, -0.25) is 0 Å². The molecule has 0 atom stereocenters. The van der Waals surface area contributed by atoms with Crippen molar-refractivity contribution in [2.45, 2.75) is 6.54 Å². The number of rotatable bonds is 3. The Morgan fingerprint density at radius 2 is 1.19 bits per heavy atom. The Hall–Kier alpha value is -5.75. The lowest BCUT2D eigenvalue weighted by molar-refractivity contribution is 0.668. The number of hydrogen-bond acceptors (Lipinski definition) is 6. The molecule has 0 radical (unpaired) electrons. The molecule has 1 aliphatic rings. The van der Waals surface area contributed by atoms with Gasteiger partial charge in [0, 0.05) is 44.8 Å². The molecule has 0 saturated heterocycles. The third kappa shape index (κ3) is 3.48. The quantitative estimate of drug-likeness (QED) is 0.241. The predicted molar refractivity (Wildman–Crippen MR) is 167 cm³/mol. The molecule has 0 bridgehead atoms. The molecule has 6 nitrogen and oxygen atoms in total. The maximum atomic E-state index is 6.37. The standard InChI is InChI=1S/C36H22N4O2/c1-2-8-21(9-3-1)34-38-35(25-11-6-14-29-32(25)24-10-4-5-13-28(24)41-29)40-36(39-34)26-12-7-15-30-33(26)27-18-23-20-37-17-16-22(23)19-31(27)42-30/h1-19,37H,20H2. The van der Waals surface area contributed by atoms with Crippen molar-refractivity contribution in [1.29, 1.82) is 0 Å². The van der Waals surface area contributed by atoms with E-state index in [9.17, 15) is 0 Å². The van der Waals surface area contributed by atoms with E-state index in [4.69, 9.17) is 23.8 Å². The first-order valence-corrected chi connectivity index (χ1v) is 13.9. The summed E-state index contributed by atoms with van der Waals surface area (Å²) in [5.74, 6) is 1.79. The predicted octanol–water partition coefficient (Wildman–Crippen LogP) is 8.75. The van der Waals surface area contributed by atoms with Crippen molar-refractivity contribution in [1.82, 2.24) is 20.3 Å². The van der Waals surface area contributed by atoms with E-state index in [1.165, 1.54) is 5.56 Å². The molecule has 198 valence electrons. The lowest BCUT2D eigenvalue weighted by atomic mass is 9.99. The molecule has 1 aliphatic heterocycles. The largest absolute Gasteiger partial charge is 0.456 e. The fraction of sp³-hybridized carbons (Fsp3) is 0.0278. The number of aromatic nitrogens is 3. The van der Waals surface area contributed by atoms with Crippen LogP contribution in [0.5, 0.6) is 0 Å². The van der Waals surface area contributed by atoms with Gasteiger partial charge in [-0.05, 0) is 53.7 Å². The zero-order valence-electron chi connectivity index (χ0n) is 22.3. The highest BCUT2D eigenvalue weighted by atomic mass is 16.3. The number of benzene rings is 5. The molecule has 0 spiro atoms. The molecule has 0 amide bonds. The van der Waals surface area contributed by atoms with Gasteiger partial charge in [0.2, 0.25) is 0 Å². The molecule has 0 fully saturated rings. The maximum Gasteiger partial charge on any atom is 0.164 e. The number of nitrogens with one attached hydrogen (secondary N) is 1. The van der Waals surface area contributed by atoms with Crippen LogP contribution in [0.1, 0.15) is 11.1 Å². The van der Waals surface area contributed by atoms with Crippen LogP contribution in [0, 0.1) is 0 Å². The molecule has 42 heavy (non-hydrogen) atoms.